The van der Waals surface area contributed by atoms with E-state index in [1.165, 1.54) is 51.4 Å². The molecule has 2 heteroatoms. The lowest BCUT2D eigenvalue weighted by Gasteiger charge is -2.32. The van der Waals surface area contributed by atoms with Gasteiger partial charge in [0.05, 0.1) is 12.2 Å². The summed E-state index contributed by atoms with van der Waals surface area (Å²) >= 11 is 0. The summed E-state index contributed by atoms with van der Waals surface area (Å²) in [4.78, 5) is 0. The van der Waals surface area contributed by atoms with E-state index >= 15 is 0 Å². The van der Waals surface area contributed by atoms with Gasteiger partial charge < -0.3 is 9.84 Å². The highest BCUT2D eigenvalue weighted by Gasteiger charge is 2.27. The summed E-state index contributed by atoms with van der Waals surface area (Å²) in [5.41, 5.74) is 0. The molecule has 1 heterocycles. The molecule has 18 heavy (non-hydrogen) atoms. The topological polar surface area (TPSA) is 29.5 Å². The van der Waals surface area contributed by atoms with Crippen LogP contribution in [0.5, 0.6) is 0 Å². The summed E-state index contributed by atoms with van der Waals surface area (Å²) in [6.07, 6.45) is 12.6. The van der Waals surface area contributed by atoms with E-state index < -0.39 is 0 Å². The van der Waals surface area contributed by atoms with Crippen LogP contribution >= 0.6 is 0 Å². The van der Waals surface area contributed by atoms with Crippen LogP contribution in [0.4, 0.5) is 0 Å². The molecule has 1 N–H and O–H groups in total. The highest BCUT2D eigenvalue weighted by molar-refractivity contribution is 4.78. The summed E-state index contributed by atoms with van der Waals surface area (Å²) in [6, 6.07) is 0. The Morgan fingerprint density at radius 3 is 2.78 bits per heavy atom. The van der Waals surface area contributed by atoms with Gasteiger partial charge in [0.2, 0.25) is 0 Å². The van der Waals surface area contributed by atoms with Crippen LogP contribution < -0.4 is 0 Å². The zero-order valence-corrected chi connectivity index (χ0v) is 11.9. The third kappa shape index (κ3) is 4.24. The summed E-state index contributed by atoms with van der Waals surface area (Å²) in [5, 5.41) is 10.4. The molecule has 1 aliphatic heterocycles. The fraction of sp³-hybridized carbons (Fsp3) is 1.00. The van der Waals surface area contributed by atoms with Crippen LogP contribution in [-0.4, -0.2) is 23.9 Å². The average molecular weight is 254 g/mol. The molecule has 2 rings (SSSR count). The van der Waals surface area contributed by atoms with Crippen molar-refractivity contribution in [2.75, 3.05) is 6.61 Å². The van der Waals surface area contributed by atoms with Gasteiger partial charge in [0, 0.05) is 6.61 Å². The fourth-order valence-electron chi connectivity index (χ4n) is 3.68. The molecule has 2 fully saturated rings. The number of hydrogen-bond acceptors (Lipinski definition) is 2. The number of rotatable bonds is 5. The maximum atomic E-state index is 10.4. The Bertz CT molecular complexity index is 223. The minimum absolute atomic E-state index is 0.0788. The number of aliphatic hydroxyl groups is 1. The van der Waals surface area contributed by atoms with E-state index in [9.17, 15) is 5.11 Å². The molecule has 0 aromatic heterocycles. The number of ether oxygens (including phenoxy) is 1. The Balaban J connectivity index is 1.68. The lowest BCUT2D eigenvalue weighted by atomic mass is 9.76. The lowest BCUT2D eigenvalue weighted by Crippen LogP contribution is -2.28. The second kappa shape index (κ2) is 7.49. The maximum Gasteiger partial charge on any atom is 0.0576 e. The minimum atomic E-state index is -0.0788. The van der Waals surface area contributed by atoms with Crippen molar-refractivity contribution in [2.24, 2.45) is 11.8 Å². The van der Waals surface area contributed by atoms with Crippen LogP contribution in [0.2, 0.25) is 0 Å². The standard InChI is InChI=1S/C16H30O2/c1-2-13-6-5-7-14(12-13)16(17)10-9-15-8-3-4-11-18-15/h13-17H,2-12H2,1H3. The zero-order chi connectivity index (χ0) is 12.8. The molecular formula is C16H30O2. The molecule has 0 amide bonds. The van der Waals surface area contributed by atoms with Gasteiger partial charge in [-0.2, -0.15) is 0 Å². The molecule has 106 valence electrons. The number of hydrogen-bond donors (Lipinski definition) is 1. The third-order valence-corrected chi connectivity index (χ3v) is 5.00. The monoisotopic (exact) mass is 254 g/mol. The first kappa shape index (κ1) is 14.3. The SMILES string of the molecule is CCC1CCCC(C(O)CCC2CCCCO2)C1. The largest absolute Gasteiger partial charge is 0.393 e. The smallest absolute Gasteiger partial charge is 0.0576 e. The van der Waals surface area contributed by atoms with E-state index in [0.29, 0.717) is 12.0 Å². The van der Waals surface area contributed by atoms with Crippen molar-refractivity contribution in [2.45, 2.75) is 83.3 Å². The molecule has 2 aliphatic rings. The Morgan fingerprint density at radius 1 is 1.17 bits per heavy atom. The molecule has 4 unspecified atom stereocenters. The van der Waals surface area contributed by atoms with Gasteiger partial charge >= 0.3 is 0 Å². The van der Waals surface area contributed by atoms with Gasteiger partial charge in [-0.15, -0.1) is 0 Å². The zero-order valence-electron chi connectivity index (χ0n) is 11.9. The molecule has 4 atom stereocenters. The second-order valence-corrected chi connectivity index (χ2v) is 6.33. The van der Waals surface area contributed by atoms with Crippen LogP contribution in [-0.2, 0) is 4.74 Å². The molecule has 0 aromatic rings. The summed E-state index contributed by atoms with van der Waals surface area (Å²) < 4.78 is 5.75. The van der Waals surface area contributed by atoms with Crippen LogP contribution in [0.3, 0.4) is 0 Å². The molecule has 1 saturated heterocycles. The van der Waals surface area contributed by atoms with E-state index in [0.717, 1.165) is 25.4 Å². The Morgan fingerprint density at radius 2 is 2.06 bits per heavy atom. The number of aliphatic hydroxyl groups excluding tert-OH is 1. The summed E-state index contributed by atoms with van der Waals surface area (Å²) in [6.45, 7) is 3.22. The Kier molecular flexibility index (Phi) is 5.97. The molecule has 0 radical (unpaired) electrons. The van der Waals surface area contributed by atoms with Crippen molar-refractivity contribution in [3.8, 4) is 0 Å². The van der Waals surface area contributed by atoms with Crippen molar-refractivity contribution < 1.29 is 9.84 Å². The van der Waals surface area contributed by atoms with Crippen LogP contribution in [0.15, 0.2) is 0 Å². The van der Waals surface area contributed by atoms with Gasteiger partial charge in [0.15, 0.2) is 0 Å². The maximum absolute atomic E-state index is 10.4. The Labute approximate surface area is 112 Å². The van der Waals surface area contributed by atoms with Gasteiger partial charge in [-0.1, -0.05) is 26.2 Å². The summed E-state index contributed by atoms with van der Waals surface area (Å²) in [5.74, 6) is 1.43. The fourth-order valence-corrected chi connectivity index (χ4v) is 3.68. The van der Waals surface area contributed by atoms with Crippen LogP contribution in [0.25, 0.3) is 0 Å². The second-order valence-electron chi connectivity index (χ2n) is 6.33. The van der Waals surface area contributed by atoms with E-state index in [1.807, 2.05) is 0 Å². The van der Waals surface area contributed by atoms with Crippen molar-refractivity contribution in [3.05, 3.63) is 0 Å². The molecule has 1 saturated carbocycles. The normalized spacial score (nSPS) is 35.3. The molecule has 2 nitrogen and oxygen atoms in total. The van der Waals surface area contributed by atoms with Crippen molar-refractivity contribution >= 4 is 0 Å². The first-order valence-corrected chi connectivity index (χ1v) is 8.09. The molecular weight excluding hydrogens is 224 g/mol. The minimum Gasteiger partial charge on any atom is -0.393 e. The predicted molar refractivity (Wildman–Crippen MR) is 74.6 cm³/mol. The third-order valence-electron chi connectivity index (χ3n) is 5.00. The molecule has 0 bridgehead atoms. The molecule has 0 aromatic carbocycles. The van der Waals surface area contributed by atoms with E-state index in [1.54, 1.807) is 0 Å². The highest BCUT2D eigenvalue weighted by Crippen LogP contribution is 2.34. The first-order chi connectivity index (χ1) is 8.79. The average Bonchev–Trinajstić information content (AvgIpc) is 2.46. The van der Waals surface area contributed by atoms with E-state index in [2.05, 4.69) is 6.92 Å². The van der Waals surface area contributed by atoms with Crippen molar-refractivity contribution in [3.63, 3.8) is 0 Å². The van der Waals surface area contributed by atoms with E-state index in [-0.39, 0.29) is 6.10 Å². The lowest BCUT2D eigenvalue weighted by molar-refractivity contribution is -0.00754. The molecule has 0 spiro atoms. The molecule has 1 aliphatic carbocycles. The van der Waals surface area contributed by atoms with Gasteiger partial charge in [-0.25, -0.2) is 0 Å². The Hall–Kier alpha value is -0.0800. The van der Waals surface area contributed by atoms with Crippen molar-refractivity contribution in [1.29, 1.82) is 0 Å². The first-order valence-electron chi connectivity index (χ1n) is 8.09. The van der Waals surface area contributed by atoms with Crippen molar-refractivity contribution in [1.82, 2.24) is 0 Å². The summed E-state index contributed by atoms with van der Waals surface area (Å²) in [7, 11) is 0. The van der Waals surface area contributed by atoms with E-state index in [4.69, 9.17) is 4.74 Å². The quantitative estimate of drug-likeness (QED) is 0.806. The highest BCUT2D eigenvalue weighted by atomic mass is 16.5. The van der Waals surface area contributed by atoms with Gasteiger partial charge in [0.1, 0.15) is 0 Å². The van der Waals surface area contributed by atoms with Crippen LogP contribution in [0.1, 0.15) is 71.1 Å². The predicted octanol–water partition coefficient (Wildman–Crippen LogP) is 3.91. The van der Waals surface area contributed by atoms with Crippen LogP contribution in [0, 0.1) is 11.8 Å². The van der Waals surface area contributed by atoms with Gasteiger partial charge in [-0.05, 0) is 56.8 Å². The van der Waals surface area contributed by atoms with Gasteiger partial charge in [0.25, 0.3) is 0 Å². The van der Waals surface area contributed by atoms with Gasteiger partial charge in [-0.3, -0.25) is 0 Å².